The fraction of sp³-hybridized carbons (Fsp3) is 0.733. The quantitative estimate of drug-likeness (QED) is 0.818. The van der Waals surface area contributed by atoms with Gasteiger partial charge in [0.1, 0.15) is 11.6 Å². The van der Waals surface area contributed by atoms with Gasteiger partial charge in [0.05, 0.1) is 0 Å². The largest absolute Gasteiger partial charge is 0.365 e. The average molecular weight is 378 g/mol. The van der Waals surface area contributed by atoms with E-state index in [0.717, 1.165) is 24.2 Å². The van der Waals surface area contributed by atoms with Crippen LogP contribution in [0, 0.1) is 19.8 Å². The molecule has 0 aliphatic carbocycles. The van der Waals surface area contributed by atoms with E-state index < -0.39 is 10.2 Å². The molecule has 0 bridgehead atoms. The summed E-state index contributed by atoms with van der Waals surface area (Å²) >= 11 is 0. The minimum absolute atomic E-state index is 0. The first-order valence-corrected chi connectivity index (χ1v) is 9.39. The molecule has 0 amide bonds. The van der Waals surface area contributed by atoms with Crippen LogP contribution in [0.15, 0.2) is 6.20 Å². The van der Waals surface area contributed by atoms with Crippen LogP contribution in [0.5, 0.6) is 0 Å². The summed E-state index contributed by atoms with van der Waals surface area (Å²) in [5.74, 6) is 1.79. The molecule has 1 N–H and O–H groups in total. The second-order valence-corrected chi connectivity index (χ2v) is 8.50. The van der Waals surface area contributed by atoms with Gasteiger partial charge in [-0.2, -0.15) is 17.0 Å². The Morgan fingerprint density at radius 2 is 2.00 bits per heavy atom. The lowest BCUT2D eigenvalue weighted by Crippen LogP contribution is -2.39. The number of halogens is 1. The maximum Gasteiger partial charge on any atom is 0.281 e. The van der Waals surface area contributed by atoms with Crippen molar-refractivity contribution < 1.29 is 8.42 Å². The van der Waals surface area contributed by atoms with E-state index in [-0.39, 0.29) is 24.4 Å². The Labute approximate surface area is 151 Å². The second kappa shape index (κ2) is 8.42. The van der Waals surface area contributed by atoms with E-state index in [4.69, 9.17) is 0 Å². The van der Waals surface area contributed by atoms with Gasteiger partial charge in [-0.25, -0.2) is 9.97 Å². The van der Waals surface area contributed by atoms with Crippen LogP contribution in [0.25, 0.3) is 0 Å². The van der Waals surface area contributed by atoms with Crippen LogP contribution in [0.2, 0.25) is 0 Å². The van der Waals surface area contributed by atoms with Crippen LogP contribution < -0.4 is 5.32 Å². The lowest BCUT2D eigenvalue weighted by molar-refractivity contribution is 0.404. The first-order chi connectivity index (χ1) is 10.8. The molecule has 1 saturated heterocycles. The zero-order chi connectivity index (χ0) is 17.2. The molecule has 2 heterocycles. The van der Waals surface area contributed by atoms with Crippen LogP contribution in [-0.2, 0) is 10.2 Å². The number of nitrogens with one attached hydrogen (secondary N) is 1. The zero-order valence-corrected chi connectivity index (χ0v) is 16.6. The van der Waals surface area contributed by atoms with Crippen molar-refractivity contribution in [3.05, 3.63) is 17.6 Å². The highest BCUT2D eigenvalue weighted by molar-refractivity contribution is 7.86. The molecule has 1 aromatic heterocycles. The normalized spacial score (nSPS) is 21.8. The third kappa shape index (κ3) is 4.56. The molecular weight excluding hydrogens is 350 g/mol. The van der Waals surface area contributed by atoms with Crippen LogP contribution in [0.1, 0.15) is 31.2 Å². The summed E-state index contributed by atoms with van der Waals surface area (Å²) in [5, 5.41) is 3.45. The summed E-state index contributed by atoms with van der Waals surface area (Å²) in [4.78, 5) is 8.64. The van der Waals surface area contributed by atoms with Gasteiger partial charge in [-0.1, -0.05) is 13.3 Å². The number of anilines is 1. The Kier molecular flexibility index (Phi) is 7.40. The Bertz CT molecular complexity index is 653. The average Bonchev–Trinajstić information content (AvgIpc) is 2.87. The fourth-order valence-corrected chi connectivity index (χ4v) is 4.12. The molecule has 0 radical (unpaired) electrons. The molecule has 7 nitrogen and oxygen atoms in total. The maximum atomic E-state index is 12.4. The molecule has 2 rings (SSSR count). The number of aromatic nitrogens is 2. The highest BCUT2D eigenvalue weighted by Crippen LogP contribution is 2.27. The van der Waals surface area contributed by atoms with Crippen LogP contribution >= 0.6 is 12.4 Å². The SMILES string of the molecule is CCC[C@H]1CN(S(=O)(=O)N(C)C)C[C@@H]1Nc1nc(C)ncc1C.Cl. The van der Waals surface area contributed by atoms with Gasteiger partial charge in [-0.15, -0.1) is 12.4 Å². The van der Waals surface area contributed by atoms with E-state index in [2.05, 4.69) is 22.2 Å². The van der Waals surface area contributed by atoms with Crippen molar-refractivity contribution in [3.8, 4) is 0 Å². The topological polar surface area (TPSA) is 78.4 Å². The minimum atomic E-state index is -3.38. The van der Waals surface area contributed by atoms with E-state index in [0.29, 0.717) is 18.9 Å². The van der Waals surface area contributed by atoms with Gasteiger partial charge >= 0.3 is 0 Å². The number of hydrogen-bond donors (Lipinski definition) is 1. The molecule has 0 unspecified atom stereocenters. The molecule has 9 heteroatoms. The Morgan fingerprint density at radius 1 is 1.33 bits per heavy atom. The summed E-state index contributed by atoms with van der Waals surface area (Å²) < 4.78 is 27.6. The third-order valence-corrected chi connectivity index (χ3v) is 6.14. The first kappa shape index (κ1) is 21.1. The number of rotatable bonds is 6. The zero-order valence-electron chi connectivity index (χ0n) is 15.0. The molecular formula is C15H28ClN5O2S. The lowest BCUT2D eigenvalue weighted by Gasteiger charge is -2.21. The number of nitrogens with zero attached hydrogens (tertiary/aromatic N) is 4. The minimum Gasteiger partial charge on any atom is -0.365 e. The summed E-state index contributed by atoms with van der Waals surface area (Å²) in [6, 6.07) is 0.0673. The summed E-state index contributed by atoms with van der Waals surface area (Å²) in [6.45, 7) is 6.95. The van der Waals surface area contributed by atoms with Crippen molar-refractivity contribution in [2.24, 2.45) is 5.92 Å². The van der Waals surface area contributed by atoms with Crippen molar-refractivity contribution in [1.29, 1.82) is 0 Å². The molecule has 24 heavy (non-hydrogen) atoms. The summed E-state index contributed by atoms with van der Waals surface area (Å²) in [6.07, 6.45) is 3.81. The Balaban J connectivity index is 0.00000288. The van der Waals surface area contributed by atoms with Crippen LogP contribution in [0.3, 0.4) is 0 Å². The Hall–Kier alpha value is -0.960. The van der Waals surface area contributed by atoms with Gasteiger partial charge in [-0.05, 0) is 26.2 Å². The fourth-order valence-electron chi connectivity index (χ4n) is 2.93. The monoisotopic (exact) mass is 377 g/mol. The lowest BCUT2D eigenvalue weighted by atomic mass is 9.98. The van der Waals surface area contributed by atoms with Gasteiger partial charge in [0.25, 0.3) is 10.2 Å². The molecule has 0 spiro atoms. The predicted molar refractivity (Wildman–Crippen MR) is 98.7 cm³/mol. The van der Waals surface area contributed by atoms with Gasteiger partial charge in [0.2, 0.25) is 0 Å². The molecule has 0 saturated carbocycles. The standard InChI is InChI=1S/C15H27N5O2S.ClH/c1-6-7-13-9-20(23(21,22)19(4)5)10-14(13)18-15-11(2)8-16-12(3)17-15;/h8,13-14H,6-7,9-10H2,1-5H3,(H,16,17,18);1H/t13-,14-;/m0./s1. The number of aryl methyl sites for hydroxylation is 2. The van der Waals surface area contributed by atoms with Crippen molar-refractivity contribution in [2.75, 3.05) is 32.5 Å². The second-order valence-electron chi connectivity index (χ2n) is 6.36. The first-order valence-electron chi connectivity index (χ1n) is 8.00. The van der Waals surface area contributed by atoms with Crippen molar-refractivity contribution >= 4 is 28.4 Å². The smallest absolute Gasteiger partial charge is 0.281 e. The van der Waals surface area contributed by atoms with E-state index in [9.17, 15) is 8.42 Å². The van der Waals surface area contributed by atoms with Crippen molar-refractivity contribution in [1.82, 2.24) is 18.6 Å². The summed E-state index contributed by atoms with van der Waals surface area (Å²) in [5.41, 5.74) is 0.972. The van der Waals surface area contributed by atoms with Crippen LogP contribution in [-0.4, -0.2) is 60.2 Å². The van der Waals surface area contributed by atoms with E-state index in [1.807, 2.05) is 13.8 Å². The van der Waals surface area contributed by atoms with Crippen molar-refractivity contribution in [3.63, 3.8) is 0 Å². The highest BCUT2D eigenvalue weighted by atomic mass is 35.5. The van der Waals surface area contributed by atoms with E-state index in [1.165, 1.54) is 4.31 Å². The third-order valence-electron chi connectivity index (χ3n) is 4.27. The molecule has 1 aliphatic rings. The summed E-state index contributed by atoms with van der Waals surface area (Å²) in [7, 11) is -0.233. The molecule has 138 valence electrons. The highest BCUT2D eigenvalue weighted by Gasteiger charge is 2.39. The molecule has 1 aromatic rings. The molecule has 2 atom stereocenters. The maximum absolute atomic E-state index is 12.4. The number of hydrogen-bond acceptors (Lipinski definition) is 5. The Morgan fingerprint density at radius 3 is 2.58 bits per heavy atom. The van der Waals surface area contributed by atoms with Gasteiger partial charge in [0, 0.05) is 45.0 Å². The van der Waals surface area contributed by atoms with Gasteiger partial charge < -0.3 is 5.32 Å². The van der Waals surface area contributed by atoms with E-state index >= 15 is 0 Å². The predicted octanol–water partition coefficient (Wildman–Crippen LogP) is 1.83. The molecule has 1 fully saturated rings. The van der Waals surface area contributed by atoms with Gasteiger partial charge in [0.15, 0.2) is 0 Å². The molecule has 1 aliphatic heterocycles. The van der Waals surface area contributed by atoms with Crippen LogP contribution in [0.4, 0.5) is 5.82 Å². The van der Waals surface area contributed by atoms with E-state index in [1.54, 1.807) is 24.6 Å². The molecule has 0 aromatic carbocycles. The van der Waals surface area contributed by atoms with Crippen molar-refractivity contribution in [2.45, 2.75) is 39.7 Å². The van der Waals surface area contributed by atoms with Gasteiger partial charge in [-0.3, -0.25) is 0 Å².